The van der Waals surface area contributed by atoms with Crippen molar-refractivity contribution in [2.45, 2.75) is 64.2 Å². The zero-order valence-corrected chi connectivity index (χ0v) is 27.3. The van der Waals surface area contributed by atoms with Gasteiger partial charge in [0.2, 0.25) is 0 Å². The molecule has 0 amide bonds. The molecule has 1 N–H and O–H groups in total. The zero-order chi connectivity index (χ0) is 32.9. The zero-order valence-electron chi connectivity index (χ0n) is 24.8. The Labute approximate surface area is 276 Å². The summed E-state index contributed by atoms with van der Waals surface area (Å²) in [5, 5.41) is 17.2. The monoisotopic (exact) mass is 702 g/mol. The van der Waals surface area contributed by atoms with Crippen molar-refractivity contribution >= 4 is 47.9 Å². The summed E-state index contributed by atoms with van der Waals surface area (Å²) in [4.78, 5) is 23.9. The van der Waals surface area contributed by atoms with Crippen LogP contribution in [0.25, 0.3) is 22.6 Å². The van der Waals surface area contributed by atoms with E-state index < -0.39 is 0 Å². The van der Waals surface area contributed by atoms with Gasteiger partial charge >= 0.3 is 24.8 Å². The minimum absolute atomic E-state index is 0.00838. The van der Waals surface area contributed by atoms with Crippen LogP contribution in [-0.4, -0.2) is 46.6 Å². The van der Waals surface area contributed by atoms with E-state index in [1.54, 1.807) is 36.4 Å². The third kappa shape index (κ3) is 14.6. The second-order valence-electron chi connectivity index (χ2n) is 9.87. The number of hydrogen-bond acceptors (Lipinski definition) is 9. The molecule has 0 atom stereocenters. The second kappa shape index (κ2) is 22.3. The Bertz CT molecular complexity index is 1330. The Morgan fingerprint density at radius 2 is 1.11 bits per heavy atom. The van der Waals surface area contributed by atoms with Gasteiger partial charge in [-0.3, -0.25) is 9.59 Å². The Kier molecular flexibility index (Phi) is 18.7. The number of halogens is 3. The molecule has 0 saturated heterocycles. The molecule has 0 fully saturated rings. The molecule has 2 aromatic heterocycles. The third-order valence-electron chi connectivity index (χ3n) is 6.45. The van der Waals surface area contributed by atoms with Crippen LogP contribution in [0.3, 0.4) is 0 Å². The Balaban J connectivity index is 0.000000288. The summed E-state index contributed by atoms with van der Waals surface area (Å²) in [5.41, 5.74) is 2.04. The molecule has 4 rings (SSSR count). The molecule has 0 spiro atoms. The number of unbranched alkanes of at least 4 members (excludes halogenated alkanes) is 6. The van der Waals surface area contributed by atoms with Gasteiger partial charge in [-0.15, -0.1) is 0 Å². The number of hydrogen-bond donors (Lipinski definition) is 2. The molecule has 13 heteroatoms. The molecule has 1 radical (unpaired) electrons. The van der Waals surface area contributed by atoms with E-state index in [4.69, 9.17) is 14.2 Å². The Morgan fingerprint density at radius 1 is 0.733 bits per heavy atom. The molecule has 0 aliphatic rings. The third-order valence-corrected chi connectivity index (χ3v) is 7.01. The predicted octanol–water partition coefficient (Wildman–Crippen LogP) is 8.80. The van der Waals surface area contributed by atoms with Gasteiger partial charge in [0.25, 0.3) is 0 Å². The van der Waals surface area contributed by atoms with Gasteiger partial charge in [0, 0.05) is 48.0 Å². The van der Waals surface area contributed by atoms with Crippen LogP contribution >= 0.6 is 28.7 Å². The number of rotatable bonds is 16. The molecule has 0 saturated carbocycles. The minimum atomic E-state index is -0.322. The fraction of sp³-hybridized carbons (Fsp3) is 0.375. The number of ketones is 2. The molecule has 2 heterocycles. The first kappa shape index (κ1) is 37.9. The number of aromatic nitrogens is 2. The van der Waals surface area contributed by atoms with Crippen molar-refractivity contribution in [3.63, 3.8) is 0 Å². The van der Waals surface area contributed by atoms with Crippen LogP contribution in [0.4, 0.5) is 8.78 Å². The second-order valence-corrected chi connectivity index (χ2v) is 10.9. The summed E-state index contributed by atoms with van der Waals surface area (Å²) >= 11 is 6.58. The molecule has 239 valence electrons. The number of alkyl halides is 1. The number of aliphatic hydroxyl groups excluding tert-OH is 1. The summed E-state index contributed by atoms with van der Waals surface area (Å²) in [6.07, 6.45) is 8.44. The summed E-state index contributed by atoms with van der Waals surface area (Å²) < 4.78 is 38.7. The summed E-state index contributed by atoms with van der Waals surface area (Å²) in [6, 6.07) is 14.9. The van der Waals surface area contributed by atoms with Crippen LogP contribution < -0.4 is 0 Å². The topological polar surface area (TPSA) is 119 Å². The number of nitrogens with zero attached hydrogens (tertiary/aromatic N) is 3. The van der Waals surface area contributed by atoms with E-state index in [0.717, 1.165) is 56.7 Å². The van der Waals surface area contributed by atoms with E-state index in [1.165, 1.54) is 24.3 Å². The van der Waals surface area contributed by atoms with Gasteiger partial charge in [0.15, 0.2) is 23.1 Å². The predicted molar refractivity (Wildman–Crippen MR) is 177 cm³/mol. The van der Waals surface area contributed by atoms with Crippen LogP contribution in [0.2, 0.25) is 0 Å². The van der Waals surface area contributed by atoms with Gasteiger partial charge in [-0.2, -0.15) is 0 Å². The molecule has 8 nitrogen and oxygen atoms in total. The average molecular weight is 703 g/mol. The van der Waals surface area contributed by atoms with Crippen molar-refractivity contribution in [1.29, 1.82) is 0 Å². The first-order chi connectivity index (χ1) is 21.8. The number of Topliss-reactive ketones (excluding diaryl/α,β-unsaturated/α-hetero) is 2. The molecule has 0 aliphatic heterocycles. The van der Waals surface area contributed by atoms with Crippen LogP contribution in [-0.2, 0) is 0 Å². The van der Waals surface area contributed by atoms with Gasteiger partial charge in [-0.1, -0.05) is 51.9 Å². The average Bonchev–Trinajstić information content (AvgIpc) is 3.74. The fourth-order valence-corrected chi connectivity index (χ4v) is 4.45. The number of carbonyl (C=O) groups is 2. The number of aliphatic hydroxyl groups is 1. The molecule has 0 bridgehead atoms. The SMILES string of the molecule is O=C(CCCCCCBr)c1cc(-c2ccc(F)cc2)on1.O=C(CCCCCCO)c1cc(-c2ccc(F)cc2)on1.[B]=NS. The molecule has 4 aromatic rings. The normalized spacial score (nSPS) is 10.3. The van der Waals surface area contributed by atoms with Crippen molar-refractivity contribution in [3.05, 3.63) is 83.7 Å². The van der Waals surface area contributed by atoms with Gasteiger partial charge in [-0.05, 0) is 74.2 Å². The maximum absolute atomic E-state index is 12.9. The fourth-order valence-electron chi connectivity index (χ4n) is 4.05. The molecule has 0 aliphatic carbocycles. The van der Waals surface area contributed by atoms with E-state index in [9.17, 15) is 18.4 Å². The van der Waals surface area contributed by atoms with E-state index in [2.05, 4.69) is 51.0 Å². The van der Waals surface area contributed by atoms with E-state index >= 15 is 0 Å². The summed E-state index contributed by atoms with van der Waals surface area (Å²) in [5.74, 6) is 0.244. The molecule has 0 unspecified atom stereocenters. The molecule has 2 aromatic carbocycles. The van der Waals surface area contributed by atoms with Gasteiger partial charge in [0.1, 0.15) is 23.0 Å². The van der Waals surface area contributed by atoms with Crippen molar-refractivity contribution in [3.8, 4) is 22.6 Å². The Morgan fingerprint density at radius 3 is 1.49 bits per heavy atom. The summed E-state index contributed by atoms with van der Waals surface area (Å²) in [7, 11) is 4.34. The number of benzene rings is 2. The first-order valence-corrected chi connectivity index (χ1v) is 16.1. The van der Waals surface area contributed by atoms with Crippen molar-refractivity contribution in [2.24, 2.45) is 4.30 Å². The van der Waals surface area contributed by atoms with Gasteiger partial charge in [0.05, 0.1) is 0 Å². The number of thiol groups is 1. The maximum atomic E-state index is 12.9. The number of carbonyl (C=O) groups excluding carboxylic acids is 2. The van der Waals surface area contributed by atoms with E-state index in [1.807, 2.05) is 0 Å². The van der Waals surface area contributed by atoms with Crippen LogP contribution in [0.5, 0.6) is 0 Å². The van der Waals surface area contributed by atoms with Crippen LogP contribution in [0.15, 0.2) is 74.0 Å². The van der Waals surface area contributed by atoms with Crippen LogP contribution in [0.1, 0.15) is 85.2 Å². The standard InChI is InChI=1S/C16H17BrFNO2.C16H18FNO3.BHNS/c17-10-4-2-1-3-5-15(20)14-11-16(21-19-14)12-6-8-13(18)9-7-12;17-13-8-6-12(7-9-13)16-11-14(18-21-16)15(20)5-3-1-2-4-10-19;1-2-3/h6-9,11H,1-5,10H2;6-9,11,19H,1-5,10H2;3H. The molecular weight excluding hydrogens is 667 g/mol. The quantitative estimate of drug-likeness (QED) is 0.0394. The van der Waals surface area contributed by atoms with Crippen molar-refractivity contribution in [2.75, 3.05) is 11.9 Å². The van der Waals surface area contributed by atoms with Gasteiger partial charge in [-0.25, -0.2) is 8.78 Å². The molecular formula is C32H36BBrF2N3O5S. The van der Waals surface area contributed by atoms with Gasteiger partial charge < -0.3 is 14.2 Å². The van der Waals surface area contributed by atoms with E-state index in [-0.39, 0.29) is 29.8 Å². The summed E-state index contributed by atoms with van der Waals surface area (Å²) in [6.45, 7) is 0.193. The van der Waals surface area contributed by atoms with Crippen molar-refractivity contribution in [1.82, 2.24) is 10.3 Å². The Hall–Kier alpha value is -3.29. The van der Waals surface area contributed by atoms with E-state index in [0.29, 0.717) is 46.9 Å². The van der Waals surface area contributed by atoms with Crippen molar-refractivity contribution < 1.29 is 32.5 Å². The van der Waals surface area contributed by atoms with Crippen LogP contribution in [0, 0.1) is 11.6 Å². The first-order valence-electron chi connectivity index (χ1n) is 14.6. The molecule has 45 heavy (non-hydrogen) atoms.